The van der Waals surface area contributed by atoms with Crippen molar-refractivity contribution in [2.75, 3.05) is 0 Å². The van der Waals surface area contributed by atoms with Crippen molar-refractivity contribution >= 4 is 28.5 Å². The Morgan fingerprint density at radius 1 is 1.09 bits per heavy atom. The topological polar surface area (TPSA) is 39.2 Å². The van der Waals surface area contributed by atoms with Crippen molar-refractivity contribution in [3.63, 3.8) is 0 Å². The van der Waals surface area contributed by atoms with E-state index in [4.69, 9.17) is 16.3 Å². The summed E-state index contributed by atoms with van der Waals surface area (Å²) >= 11 is 6.36. The highest BCUT2D eigenvalue weighted by atomic mass is 35.5. The maximum absolute atomic E-state index is 12.0. The molecule has 4 heteroatoms. The molecule has 0 aliphatic heterocycles. The fraction of sp³-hybridized carbons (Fsp3) is 0.158. The van der Waals surface area contributed by atoms with Gasteiger partial charge in [-0.2, -0.15) is 0 Å². The number of halogens is 1. The van der Waals surface area contributed by atoms with Gasteiger partial charge in [0.2, 0.25) is 0 Å². The molecule has 0 aliphatic carbocycles. The number of hydrogen-bond acceptors (Lipinski definition) is 3. The molecule has 0 amide bonds. The summed E-state index contributed by atoms with van der Waals surface area (Å²) in [7, 11) is 0. The summed E-state index contributed by atoms with van der Waals surface area (Å²) in [4.78, 5) is 16.5. The molecule has 1 heterocycles. The zero-order valence-electron chi connectivity index (χ0n) is 12.8. The van der Waals surface area contributed by atoms with E-state index in [1.165, 1.54) is 0 Å². The number of pyridine rings is 1. The van der Waals surface area contributed by atoms with Gasteiger partial charge in [0.25, 0.3) is 0 Å². The highest BCUT2D eigenvalue weighted by Gasteiger charge is 2.12. The van der Waals surface area contributed by atoms with Crippen LogP contribution in [0.1, 0.15) is 16.8 Å². The largest absolute Gasteiger partial charge is 0.459 e. The average Bonchev–Trinajstić information content (AvgIpc) is 2.58. The van der Waals surface area contributed by atoms with E-state index in [1.54, 1.807) is 0 Å². The number of benzene rings is 2. The minimum atomic E-state index is -0.292. The second-order valence-corrected chi connectivity index (χ2v) is 5.72. The number of carbonyl (C=O) groups excluding carboxylic acids is 1. The lowest BCUT2D eigenvalue weighted by molar-refractivity contribution is -0.144. The summed E-state index contributed by atoms with van der Waals surface area (Å²) in [6.45, 7) is 2.03. The molecule has 0 atom stereocenters. The molecule has 0 saturated carbocycles. The second kappa shape index (κ2) is 6.80. The number of nitrogens with zero attached hydrogens (tertiary/aromatic N) is 1. The third kappa shape index (κ3) is 3.51. The number of aryl methyl sites for hydroxylation is 1. The average molecular weight is 326 g/mol. The normalized spacial score (nSPS) is 10.7. The SMILES string of the molecule is Cc1c(Cl)c(COC(=O)Cc2ccccc2)nc2ccccc12. The van der Waals surface area contributed by atoms with Crippen LogP contribution in [0.5, 0.6) is 0 Å². The third-order valence-corrected chi connectivity index (χ3v) is 4.21. The van der Waals surface area contributed by atoms with E-state index < -0.39 is 0 Å². The molecule has 0 radical (unpaired) electrons. The van der Waals surface area contributed by atoms with Crippen molar-refractivity contribution in [3.05, 3.63) is 76.4 Å². The van der Waals surface area contributed by atoms with Crippen molar-refractivity contribution in [1.29, 1.82) is 0 Å². The Balaban J connectivity index is 1.74. The Morgan fingerprint density at radius 3 is 2.57 bits per heavy atom. The van der Waals surface area contributed by atoms with Gasteiger partial charge in [-0.3, -0.25) is 4.79 Å². The van der Waals surface area contributed by atoms with E-state index in [0.717, 1.165) is 22.0 Å². The first-order valence-electron chi connectivity index (χ1n) is 7.38. The maximum Gasteiger partial charge on any atom is 0.310 e. The predicted molar refractivity (Wildman–Crippen MR) is 91.4 cm³/mol. The van der Waals surface area contributed by atoms with Crippen molar-refractivity contribution in [2.24, 2.45) is 0 Å². The molecule has 0 bridgehead atoms. The number of ether oxygens (including phenoxy) is 1. The molecule has 1 aromatic heterocycles. The summed E-state index contributed by atoms with van der Waals surface area (Å²) in [5.41, 5.74) is 3.31. The number of fused-ring (bicyclic) bond motifs is 1. The minimum absolute atomic E-state index is 0.0795. The number of rotatable bonds is 4. The first-order valence-corrected chi connectivity index (χ1v) is 7.76. The van der Waals surface area contributed by atoms with E-state index in [9.17, 15) is 4.79 Å². The van der Waals surface area contributed by atoms with Gasteiger partial charge in [0.05, 0.1) is 22.7 Å². The molecule has 0 spiro atoms. The zero-order valence-corrected chi connectivity index (χ0v) is 13.5. The van der Waals surface area contributed by atoms with Crippen molar-refractivity contribution in [3.8, 4) is 0 Å². The molecular weight excluding hydrogens is 310 g/mol. The number of esters is 1. The van der Waals surface area contributed by atoms with E-state index in [1.807, 2.05) is 61.5 Å². The predicted octanol–water partition coefficient (Wildman–Crippen LogP) is 4.48. The number of carbonyl (C=O) groups is 1. The minimum Gasteiger partial charge on any atom is -0.459 e. The van der Waals surface area contributed by atoms with Crippen LogP contribution in [0.3, 0.4) is 0 Å². The van der Waals surface area contributed by atoms with Gasteiger partial charge in [-0.1, -0.05) is 60.1 Å². The Hall–Kier alpha value is -2.39. The summed E-state index contributed by atoms with van der Waals surface area (Å²) in [6.07, 6.45) is 0.241. The Kier molecular flexibility index (Phi) is 4.58. The number of hydrogen-bond donors (Lipinski definition) is 0. The molecule has 3 nitrogen and oxygen atoms in total. The third-order valence-electron chi connectivity index (χ3n) is 3.71. The quantitative estimate of drug-likeness (QED) is 0.664. The summed E-state index contributed by atoms with van der Waals surface area (Å²) in [5.74, 6) is -0.292. The van der Waals surface area contributed by atoms with Crippen LogP contribution in [0.2, 0.25) is 5.02 Å². The lowest BCUT2D eigenvalue weighted by Crippen LogP contribution is -2.09. The standard InChI is InChI=1S/C19H16ClNO2/c1-13-15-9-5-6-10-16(15)21-17(19(13)20)12-23-18(22)11-14-7-3-2-4-8-14/h2-10H,11-12H2,1H3. The molecule has 2 aromatic carbocycles. The zero-order chi connectivity index (χ0) is 16.2. The molecule has 3 aromatic rings. The summed E-state index contributed by atoms with van der Waals surface area (Å²) in [5, 5.41) is 1.56. The summed E-state index contributed by atoms with van der Waals surface area (Å²) < 4.78 is 5.33. The van der Waals surface area contributed by atoms with E-state index in [0.29, 0.717) is 10.7 Å². The van der Waals surface area contributed by atoms with Crippen LogP contribution in [0, 0.1) is 6.92 Å². The molecule has 0 aliphatic rings. The summed E-state index contributed by atoms with van der Waals surface area (Å²) in [6, 6.07) is 17.3. The van der Waals surface area contributed by atoms with Gasteiger partial charge < -0.3 is 4.74 Å². The molecule has 23 heavy (non-hydrogen) atoms. The van der Waals surface area contributed by atoms with Gasteiger partial charge in [0, 0.05) is 5.39 Å². The van der Waals surface area contributed by atoms with Crippen molar-refractivity contribution in [1.82, 2.24) is 4.98 Å². The van der Waals surface area contributed by atoms with Crippen molar-refractivity contribution in [2.45, 2.75) is 20.0 Å². The number of para-hydroxylation sites is 1. The highest BCUT2D eigenvalue weighted by Crippen LogP contribution is 2.27. The first kappa shape index (κ1) is 15.5. The van der Waals surface area contributed by atoms with Gasteiger partial charge in [0.15, 0.2) is 0 Å². The Morgan fingerprint density at radius 2 is 1.78 bits per heavy atom. The van der Waals surface area contributed by atoms with Crippen LogP contribution in [-0.4, -0.2) is 11.0 Å². The molecule has 116 valence electrons. The van der Waals surface area contributed by atoms with E-state index in [2.05, 4.69) is 4.98 Å². The molecular formula is C19H16ClNO2. The van der Waals surface area contributed by atoms with Crippen LogP contribution < -0.4 is 0 Å². The Labute approximate surface area is 139 Å². The van der Waals surface area contributed by atoms with Crippen LogP contribution in [0.4, 0.5) is 0 Å². The fourth-order valence-electron chi connectivity index (χ4n) is 2.48. The molecule has 0 fully saturated rings. The van der Waals surface area contributed by atoms with Crippen LogP contribution in [0.15, 0.2) is 54.6 Å². The van der Waals surface area contributed by atoms with E-state index in [-0.39, 0.29) is 19.0 Å². The number of aromatic nitrogens is 1. The maximum atomic E-state index is 12.0. The first-order chi connectivity index (χ1) is 11.1. The van der Waals surface area contributed by atoms with Gasteiger partial charge in [-0.25, -0.2) is 4.98 Å². The lowest BCUT2D eigenvalue weighted by atomic mass is 10.1. The highest BCUT2D eigenvalue weighted by molar-refractivity contribution is 6.32. The Bertz CT molecular complexity index is 847. The smallest absolute Gasteiger partial charge is 0.310 e. The van der Waals surface area contributed by atoms with Gasteiger partial charge in [-0.05, 0) is 24.1 Å². The van der Waals surface area contributed by atoms with Crippen LogP contribution in [0.25, 0.3) is 10.9 Å². The monoisotopic (exact) mass is 325 g/mol. The second-order valence-electron chi connectivity index (χ2n) is 5.34. The van der Waals surface area contributed by atoms with E-state index >= 15 is 0 Å². The van der Waals surface area contributed by atoms with Gasteiger partial charge in [-0.15, -0.1) is 0 Å². The van der Waals surface area contributed by atoms with Crippen LogP contribution in [-0.2, 0) is 22.6 Å². The van der Waals surface area contributed by atoms with Gasteiger partial charge in [0.1, 0.15) is 6.61 Å². The van der Waals surface area contributed by atoms with Crippen LogP contribution >= 0.6 is 11.6 Å². The van der Waals surface area contributed by atoms with Gasteiger partial charge >= 0.3 is 5.97 Å². The molecule has 0 unspecified atom stereocenters. The van der Waals surface area contributed by atoms with Crippen molar-refractivity contribution < 1.29 is 9.53 Å². The molecule has 0 N–H and O–H groups in total. The molecule has 0 saturated heterocycles. The molecule has 3 rings (SSSR count). The fourth-order valence-corrected chi connectivity index (χ4v) is 2.67. The lowest BCUT2D eigenvalue weighted by Gasteiger charge is -2.10.